The van der Waals surface area contributed by atoms with Gasteiger partial charge in [-0.15, -0.1) is 5.10 Å². The summed E-state index contributed by atoms with van der Waals surface area (Å²) in [5, 5.41) is 13.8. The minimum Gasteiger partial charge on any atom is -0.434 e. The number of nitrogens with zero attached hydrogens (tertiary/aromatic N) is 3. The van der Waals surface area contributed by atoms with E-state index < -0.39 is 12.0 Å². The first-order chi connectivity index (χ1) is 13.0. The van der Waals surface area contributed by atoms with Crippen LogP contribution in [0, 0.1) is 17.1 Å². The molecular formula is C19H13ClFN3O3. The Hall–Kier alpha value is -3.37. The fourth-order valence-electron chi connectivity index (χ4n) is 2.42. The smallest absolute Gasteiger partial charge is 0.434 e. The molecule has 0 aliphatic heterocycles. The molecule has 0 unspecified atom stereocenters. The molecule has 6 nitrogen and oxygen atoms in total. The number of carbonyl (C=O) groups excluding carboxylic acids is 1. The van der Waals surface area contributed by atoms with E-state index in [0.717, 1.165) is 0 Å². The molecule has 136 valence electrons. The van der Waals surface area contributed by atoms with Gasteiger partial charge in [0.05, 0.1) is 23.6 Å². The minimum atomic E-state index is -0.892. The predicted octanol–water partition coefficient (Wildman–Crippen LogP) is 4.74. The van der Waals surface area contributed by atoms with Crippen LogP contribution in [0.3, 0.4) is 0 Å². The van der Waals surface area contributed by atoms with Gasteiger partial charge in [0.2, 0.25) is 5.88 Å². The van der Waals surface area contributed by atoms with E-state index in [1.54, 1.807) is 37.3 Å². The van der Waals surface area contributed by atoms with Gasteiger partial charge in [-0.25, -0.2) is 13.9 Å². The first kappa shape index (κ1) is 18.4. The molecule has 0 N–H and O–H groups in total. The van der Waals surface area contributed by atoms with Gasteiger partial charge in [-0.2, -0.15) is 5.26 Å². The summed E-state index contributed by atoms with van der Waals surface area (Å²) >= 11 is 6.07. The average Bonchev–Trinajstić information content (AvgIpc) is 3.06. The highest BCUT2D eigenvalue weighted by Gasteiger charge is 2.17. The van der Waals surface area contributed by atoms with Crippen LogP contribution in [0.1, 0.15) is 12.5 Å². The highest BCUT2D eigenvalue weighted by atomic mass is 35.5. The number of benzene rings is 2. The van der Waals surface area contributed by atoms with Crippen molar-refractivity contribution in [1.29, 1.82) is 5.26 Å². The second kappa shape index (κ2) is 7.89. The summed E-state index contributed by atoms with van der Waals surface area (Å²) in [5.74, 6) is -0.646. The summed E-state index contributed by atoms with van der Waals surface area (Å²) in [6, 6.07) is 14.3. The summed E-state index contributed by atoms with van der Waals surface area (Å²) in [4.78, 5) is 11.6. The maximum absolute atomic E-state index is 13.7. The molecule has 3 rings (SSSR count). The monoisotopic (exact) mass is 385 g/mol. The van der Waals surface area contributed by atoms with Crippen LogP contribution in [0.15, 0.2) is 48.5 Å². The molecule has 27 heavy (non-hydrogen) atoms. The van der Waals surface area contributed by atoms with Gasteiger partial charge in [0.25, 0.3) is 0 Å². The van der Waals surface area contributed by atoms with Gasteiger partial charge in [-0.1, -0.05) is 23.7 Å². The first-order valence-electron chi connectivity index (χ1n) is 7.92. The van der Waals surface area contributed by atoms with Gasteiger partial charge in [0, 0.05) is 16.7 Å². The number of hydrogen-bond acceptors (Lipinski definition) is 5. The van der Waals surface area contributed by atoms with Gasteiger partial charge >= 0.3 is 6.16 Å². The standard InChI is InChI=1S/C19H13ClFN3O3/c1-2-26-19(25)27-18-10-17(12-4-3-5-14(20)8-12)24(23-18)15-6-7-16(21)13(9-15)11-22/h3-10H,2H2,1H3. The number of hydrogen-bond donors (Lipinski definition) is 0. The fourth-order valence-corrected chi connectivity index (χ4v) is 2.61. The van der Waals surface area contributed by atoms with Crippen molar-refractivity contribution in [1.82, 2.24) is 9.78 Å². The maximum atomic E-state index is 13.7. The van der Waals surface area contributed by atoms with Gasteiger partial charge < -0.3 is 9.47 Å². The zero-order chi connectivity index (χ0) is 19.4. The van der Waals surface area contributed by atoms with Crippen LogP contribution in [0.25, 0.3) is 16.9 Å². The van der Waals surface area contributed by atoms with E-state index >= 15 is 0 Å². The topological polar surface area (TPSA) is 77.1 Å². The van der Waals surface area contributed by atoms with Crippen LogP contribution in [0.4, 0.5) is 9.18 Å². The van der Waals surface area contributed by atoms with Crippen molar-refractivity contribution in [2.45, 2.75) is 6.92 Å². The molecule has 0 spiro atoms. The lowest BCUT2D eigenvalue weighted by Crippen LogP contribution is -2.10. The van der Waals surface area contributed by atoms with E-state index in [4.69, 9.17) is 26.3 Å². The Balaban J connectivity index is 2.12. The van der Waals surface area contributed by atoms with E-state index in [9.17, 15) is 9.18 Å². The lowest BCUT2D eigenvalue weighted by Gasteiger charge is -2.08. The molecule has 0 saturated heterocycles. The Labute approximate surface area is 159 Å². The normalized spacial score (nSPS) is 10.3. The molecule has 0 saturated carbocycles. The maximum Gasteiger partial charge on any atom is 0.515 e. The Morgan fingerprint density at radius 3 is 2.81 bits per heavy atom. The molecule has 2 aromatic carbocycles. The molecule has 0 amide bonds. The summed E-state index contributed by atoms with van der Waals surface area (Å²) in [5.41, 5.74) is 1.51. The van der Waals surface area contributed by atoms with E-state index in [-0.39, 0.29) is 18.1 Å². The quantitative estimate of drug-likeness (QED) is 0.606. The summed E-state index contributed by atoms with van der Waals surface area (Å²) in [6.45, 7) is 1.81. The van der Waals surface area contributed by atoms with Gasteiger partial charge in [0.15, 0.2) is 0 Å². The Morgan fingerprint density at radius 1 is 1.30 bits per heavy atom. The molecular weight excluding hydrogens is 373 g/mol. The molecule has 0 fully saturated rings. The lowest BCUT2D eigenvalue weighted by atomic mass is 10.1. The Morgan fingerprint density at radius 2 is 2.11 bits per heavy atom. The summed E-state index contributed by atoms with van der Waals surface area (Å²) < 4.78 is 24.9. The number of nitriles is 1. The van der Waals surface area contributed by atoms with Crippen LogP contribution in [0.2, 0.25) is 5.02 Å². The predicted molar refractivity (Wildman–Crippen MR) is 96.3 cm³/mol. The summed E-state index contributed by atoms with van der Waals surface area (Å²) in [6.07, 6.45) is -0.892. The molecule has 1 heterocycles. The van der Waals surface area contributed by atoms with E-state index in [1.165, 1.54) is 28.9 Å². The molecule has 0 bridgehead atoms. The van der Waals surface area contributed by atoms with E-state index in [0.29, 0.717) is 22.0 Å². The Kier molecular flexibility index (Phi) is 5.38. The van der Waals surface area contributed by atoms with E-state index in [1.807, 2.05) is 0 Å². The Bertz CT molecular complexity index is 1040. The van der Waals surface area contributed by atoms with Crippen molar-refractivity contribution in [3.05, 3.63) is 64.9 Å². The third-order valence-corrected chi connectivity index (χ3v) is 3.81. The van der Waals surface area contributed by atoms with Crippen molar-refractivity contribution in [2.75, 3.05) is 6.61 Å². The van der Waals surface area contributed by atoms with E-state index in [2.05, 4.69) is 5.10 Å². The second-order valence-electron chi connectivity index (χ2n) is 5.35. The summed E-state index contributed by atoms with van der Waals surface area (Å²) in [7, 11) is 0. The molecule has 0 radical (unpaired) electrons. The van der Waals surface area contributed by atoms with Gasteiger partial charge in [-0.3, -0.25) is 0 Å². The molecule has 0 aliphatic carbocycles. The molecule has 3 aromatic rings. The first-order valence-corrected chi connectivity index (χ1v) is 8.30. The minimum absolute atomic E-state index is 0.00809. The van der Waals surface area contributed by atoms with Crippen molar-refractivity contribution in [2.24, 2.45) is 0 Å². The number of aromatic nitrogens is 2. The van der Waals surface area contributed by atoms with Crippen molar-refractivity contribution in [3.8, 4) is 28.9 Å². The van der Waals surface area contributed by atoms with Crippen LogP contribution >= 0.6 is 11.6 Å². The van der Waals surface area contributed by atoms with Crippen LogP contribution in [0.5, 0.6) is 5.88 Å². The van der Waals surface area contributed by atoms with Crippen LogP contribution in [-0.2, 0) is 4.74 Å². The molecule has 0 aliphatic rings. The lowest BCUT2D eigenvalue weighted by molar-refractivity contribution is 0.102. The molecule has 8 heteroatoms. The number of rotatable bonds is 4. The second-order valence-corrected chi connectivity index (χ2v) is 5.79. The van der Waals surface area contributed by atoms with Crippen LogP contribution in [-0.4, -0.2) is 22.5 Å². The van der Waals surface area contributed by atoms with Crippen LogP contribution < -0.4 is 4.74 Å². The third kappa shape index (κ3) is 4.07. The highest BCUT2D eigenvalue weighted by Crippen LogP contribution is 2.29. The highest BCUT2D eigenvalue weighted by molar-refractivity contribution is 6.30. The third-order valence-electron chi connectivity index (χ3n) is 3.57. The number of carbonyl (C=O) groups is 1. The fraction of sp³-hybridized carbons (Fsp3) is 0.105. The SMILES string of the molecule is CCOC(=O)Oc1cc(-c2cccc(Cl)c2)n(-c2ccc(F)c(C#N)c2)n1. The van der Waals surface area contributed by atoms with Crippen molar-refractivity contribution >= 4 is 17.8 Å². The average molecular weight is 386 g/mol. The molecule has 0 atom stereocenters. The molecule has 1 aromatic heterocycles. The zero-order valence-electron chi connectivity index (χ0n) is 14.1. The van der Waals surface area contributed by atoms with Crippen molar-refractivity contribution < 1.29 is 18.7 Å². The van der Waals surface area contributed by atoms with Gasteiger partial charge in [-0.05, 0) is 37.3 Å². The van der Waals surface area contributed by atoms with Gasteiger partial charge in [0.1, 0.15) is 11.9 Å². The zero-order valence-corrected chi connectivity index (χ0v) is 14.9. The number of ether oxygens (including phenoxy) is 2. The number of halogens is 2. The largest absolute Gasteiger partial charge is 0.515 e. The van der Waals surface area contributed by atoms with Crippen molar-refractivity contribution in [3.63, 3.8) is 0 Å².